The molecule has 0 radical (unpaired) electrons. The van der Waals surface area contributed by atoms with E-state index in [1.54, 1.807) is 6.07 Å². The Hall–Kier alpha value is -1.47. The molecule has 0 saturated heterocycles. The van der Waals surface area contributed by atoms with Crippen LogP contribution in [0.15, 0.2) is 32.8 Å². The lowest BCUT2D eigenvalue weighted by molar-refractivity contribution is -0.138. The normalized spacial score (nSPS) is 10.4. The van der Waals surface area contributed by atoms with Crippen LogP contribution in [0.25, 0.3) is 10.6 Å². The van der Waals surface area contributed by atoms with Gasteiger partial charge in [0.25, 0.3) is 5.56 Å². The minimum Gasteiger partial charge on any atom is -0.480 e. The molecule has 0 aliphatic carbocycles. The number of carbonyl (C=O) groups is 1. The lowest BCUT2D eigenvalue weighted by atomic mass is 10.3. The molecule has 0 fully saturated rings. The summed E-state index contributed by atoms with van der Waals surface area (Å²) in [7, 11) is 0. The van der Waals surface area contributed by atoms with Crippen LogP contribution in [0.1, 0.15) is 0 Å². The zero-order valence-electron chi connectivity index (χ0n) is 8.46. The fraction of sp³-hybridized carbons (Fsp3) is 0.100. The first-order valence-corrected chi connectivity index (χ1v) is 6.23. The van der Waals surface area contributed by atoms with Crippen LogP contribution in [0.3, 0.4) is 0 Å². The van der Waals surface area contributed by atoms with Gasteiger partial charge in [0.2, 0.25) is 0 Å². The van der Waals surface area contributed by atoms with Crippen molar-refractivity contribution in [1.29, 1.82) is 0 Å². The summed E-state index contributed by atoms with van der Waals surface area (Å²) in [6.45, 7) is -0.431. The average molecular weight is 315 g/mol. The first-order chi connectivity index (χ1) is 8.06. The van der Waals surface area contributed by atoms with E-state index in [4.69, 9.17) is 5.11 Å². The van der Waals surface area contributed by atoms with Crippen LogP contribution in [0.2, 0.25) is 0 Å². The molecule has 2 rings (SSSR count). The van der Waals surface area contributed by atoms with Crippen molar-refractivity contribution in [2.24, 2.45) is 0 Å². The van der Waals surface area contributed by atoms with Crippen LogP contribution < -0.4 is 5.56 Å². The van der Waals surface area contributed by atoms with Gasteiger partial charge in [0, 0.05) is 6.07 Å². The van der Waals surface area contributed by atoms with Gasteiger partial charge in [-0.3, -0.25) is 9.59 Å². The summed E-state index contributed by atoms with van der Waals surface area (Å²) in [5.41, 5.74) is 0.160. The van der Waals surface area contributed by atoms with E-state index >= 15 is 0 Å². The molecule has 2 heterocycles. The molecule has 0 spiro atoms. The highest BCUT2D eigenvalue weighted by Gasteiger charge is 2.07. The monoisotopic (exact) mass is 314 g/mol. The molecule has 0 unspecified atom stereocenters. The van der Waals surface area contributed by atoms with Crippen LogP contribution in [0.5, 0.6) is 0 Å². The maximum absolute atomic E-state index is 11.4. The van der Waals surface area contributed by atoms with Crippen LogP contribution in [0.4, 0.5) is 0 Å². The average Bonchev–Trinajstić information content (AvgIpc) is 2.67. The molecule has 17 heavy (non-hydrogen) atoms. The van der Waals surface area contributed by atoms with Gasteiger partial charge in [0.15, 0.2) is 0 Å². The summed E-state index contributed by atoms with van der Waals surface area (Å²) in [5.74, 6) is -1.09. The van der Waals surface area contributed by atoms with Crippen LogP contribution in [-0.2, 0) is 11.3 Å². The summed E-state index contributed by atoms with van der Waals surface area (Å²) in [4.78, 5) is 22.8. The lowest BCUT2D eigenvalue weighted by Crippen LogP contribution is -2.25. The second kappa shape index (κ2) is 4.80. The number of halogens is 1. The van der Waals surface area contributed by atoms with Crippen LogP contribution >= 0.6 is 27.3 Å². The number of carboxylic acid groups (broad SMARTS) is 1. The summed E-state index contributed by atoms with van der Waals surface area (Å²) >= 11 is 4.80. The molecule has 0 bridgehead atoms. The number of rotatable bonds is 3. The number of nitrogens with zero attached hydrogens (tertiary/aromatic N) is 2. The number of hydrogen-bond donors (Lipinski definition) is 1. The van der Waals surface area contributed by atoms with Crippen LogP contribution in [-0.4, -0.2) is 20.9 Å². The molecule has 0 aliphatic heterocycles. The fourth-order valence-electron chi connectivity index (χ4n) is 1.27. The van der Waals surface area contributed by atoms with Gasteiger partial charge in [-0.2, -0.15) is 5.10 Å². The van der Waals surface area contributed by atoms with E-state index in [2.05, 4.69) is 21.0 Å². The third-order valence-corrected chi connectivity index (χ3v) is 3.62. The van der Waals surface area contributed by atoms with Crippen molar-refractivity contribution in [2.75, 3.05) is 0 Å². The van der Waals surface area contributed by atoms with Crippen molar-refractivity contribution < 1.29 is 9.90 Å². The highest BCUT2D eigenvalue weighted by Crippen LogP contribution is 2.29. The first-order valence-electron chi connectivity index (χ1n) is 4.62. The molecule has 88 valence electrons. The Morgan fingerprint density at radius 2 is 2.18 bits per heavy atom. The standard InChI is InChI=1S/C10H7BrN2O3S/c11-8-3-2-7(17-8)6-1-4-9(14)13(12-6)5-10(15)16/h1-4H,5H2,(H,15,16). The number of aromatic nitrogens is 2. The smallest absolute Gasteiger partial charge is 0.325 e. The largest absolute Gasteiger partial charge is 0.480 e. The Morgan fingerprint density at radius 1 is 1.41 bits per heavy atom. The molecule has 5 nitrogen and oxygen atoms in total. The molecule has 1 N–H and O–H groups in total. The molecular formula is C10H7BrN2O3S. The highest BCUT2D eigenvalue weighted by atomic mass is 79.9. The maximum Gasteiger partial charge on any atom is 0.325 e. The van der Waals surface area contributed by atoms with Gasteiger partial charge in [0.1, 0.15) is 12.2 Å². The minimum atomic E-state index is -1.09. The molecular weight excluding hydrogens is 308 g/mol. The van der Waals surface area contributed by atoms with E-state index in [-0.39, 0.29) is 0 Å². The van der Waals surface area contributed by atoms with Crippen molar-refractivity contribution >= 4 is 33.2 Å². The number of thiophene rings is 1. The summed E-state index contributed by atoms with van der Waals surface area (Å²) < 4.78 is 1.89. The molecule has 2 aromatic rings. The van der Waals surface area contributed by atoms with Gasteiger partial charge in [0.05, 0.1) is 8.66 Å². The predicted octanol–water partition coefficient (Wildman–Crippen LogP) is 1.82. The van der Waals surface area contributed by atoms with Gasteiger partial charge in [-0.1, -0.05) is 0 Å². The van der Waals surface area contributed by atoms with E-state index in [1.165, 1.54) is 17.4 Å². The maximum atomic E-state index is 11.4. The third-order valence-electron chi connectivity index (χ3n) is 1.98. The van der Waals surface area contributed by atoms with Crippen LogP contribution in [0, 0.1) is 0 Å². The molecule has 0 amide bonds. The van der Waals surface area contributed by atoms with Gasteiger partial charge in [-0.05, 0) is 34.1 Å². The number of aliphatic carboxylic acids is 1. The zero-order valence-corrected chi connectivity index (χ0v) is 10.9. The molecule has 0 saturated carbocycles. The van der Waals surface area contributed by atoms with Crippen molar-refractivity contribution in [2.45, 2.75) is 6.54 Å². The summed E-state index contributed by atoms with van der Waals surface area (Å²) in [6.07, 6.45) is 0. The Kier molecular flexibility index (Phi) is 3.39. The van der Waals surface area contributed by atoms with Crippen molar-refractivity contribution in [3.63, 3.8) is 0 Å². The highest BCUT2D eigenvalue weighted by molar-refractivity contribution is 9.11. The lowest BCUT2D eigenvalue weighted by Gasteiger charge is -2.02. The van der Waals surface area contributed by atoms with Gasteiger partial charge >= 0.3 is 5.97 Å². The van der Waals surface area contributed by atoms with Gasteiger partial charge in [-0.15, -0.1) is 11.3 Å². The zero-order chi connectivity index (χ0) is 12.4. The predicted molar refractivity (Wildman–Crippen MR) is 67.1 cm³/mol. The molecule has 7 heteroatoms. The minimum absolute atomic E-state index is 0.424. The SMILES string of the molecule is O=C(O)Cn1nc(-c2ccc(Br)s2)ccc1=O. The van der Waals surface area contributed by atoms with E-state index < -0.39 is 18.1 Å². The Morgan fingerprint density at radius 3 is 2.76 bits per heavy atom. The second-order valence-electron chi connectivity index (χ2n) is 3.21. The van der Waals surface area contributed by atoms with Gasteiger partial charge in [-0.25, -0.2) is 4.68 Å². The summed E-state index contributed by atoms with van der Waals surface area (Å²) in [6, 6.07) is 6.62. The van der Waals surface area contributed by atoms with E-state index in [0.717, 1.165) is 13.3 Å². The third kappa shape index (κ3) is 2.80. The molecule has 2 aromatic heterocycles. The van der Waals surface area contributed by atoms with Crippen molar-refractivity contribution in [3.05, 3.63) is 38.4 Å². The quantitative estimate of drug-likeness (QED) is 0.938. The summed E-state index contributed by atoms with van der Waals surface area (Å²) in [5, 5.41) is 12.7. The second-order valence-corrected chi connectivity index (χ2v) is 5.67. The Balaban J connectivity index is 2.43. The topological polar surface area (TPSA) is 72.2 Å². The fourth-order valence-corrected chi connectivity index (χ4v) is 2.62. The van der Waals surface area contributed by atoms with Gasteiger partial charge < -0.3 is 5.11 Å². The van der Waals surface area contributed by atoms with Crippen molar-refractivity contribution in [1.82, 2.24) is 9.78 Å². The van der Waals surface area contributed by atoms with Crippen molar-refractivity contribution in [3.8, 4) is 10.6 Å². The first kappa shape index (κ1) is 12.0. The van der Waals surface area contributed by atoms with E-state index in [9.17, 15) is 9.59 Å². The molecule has 0 aliphatic rings. The Labute approximate surface area is 108 Å². The molecule has 0 atom stereocenters. The number of hydrogen-bond acceptors (Lipinski definition) is 4. The Bertz CT molecular complexity index is 620. The number of carboxylic acids is 1. The van der Waals surface area contributed by atoms with E-state index in [0.29, 0.717) is 5.69 Å². The van der Waals surface area contributed by atoms with E-state index in [1.807, 2.05) is 12.1 Å². The molecule has 0 aromatic carbocycles.